The molecule has 0 saturated carbocycles. The monoisotopic (exact) mass is 425 g/mol. The normalized spacial score (nSPS) is 11.1. The van der Waals surface area contributed by atoms with Crippen LogP contribution in [0.2, 0.25) is 0 Å². The zero-order valence-electron chi connectivity index (χ0n) is 18.1. The summed E-state index contributed by atoms with van der Waals surface area (Å²) in [7, 11) is 0. The second-order valence-electron chi connectivity index (χ2n) is 7.72. The summed E-state index contributed by atoms with van der Waals surface area (Å²) in [5, 5.41) is 12.1. The number of carbonyl (C=O) groups excluding carboxylic acids is 1. The van der Waals surface area contributed by atoms with Crippen LogP contribution in [0.1, 0.15) is 49.8 Å². The first-order chi connectivity index (χ1) is 14.8. The summed E-state index contributed by atoms with van der Waals surface area (Å²) in [6.45, 7) is 8.69. The van der Waals surface area contributed by atoms with Gasteiger partial charge in [0.1, 0.15) is 5.52 Å². The Morgan fingerprint density at radius 3 is 2.52 bits per heavy atom. The van der Waals surface area contributed by atoms with Gasteiger partial charge in [-0.05, 0) is 48.1 Å². The Morgan fingerprint density at radius 2 is 1.87 bits per heavy atom. The van der Waals surface area contributed by atoms with Gasteiger partial charge < -0.3 is 15.2 Å². The van der Waals surface area contributed by atoms with E-state index in [-0.39, 0.29) is 29.1 Å². The molecule has 31 heavy (non-hydrogen) atoms. The van der Waals surface area contributed by atoms with Crippen molar-refractivity contribution in [2.24, 2.45) is 0 Å². The molecule has 1 amide bonds. The van der Waals surface area contributed by atoms with E-state index in [2.05, 4.69) is 19.2 Å². The molecule has 0 bridgehead atoms. The number of amides is 1. The van der Waals surface area contributed by atoms with Crippen molar-refractivity contribution in [2.45, 2.75) is 53.1 Å². The van der Waals surface area contributed by atoms with Crippen LogP contribution in [0.4, 0.5) is 9.59 Å². The van der Waals surface area contributed by atoms with Crippen LogP contribution in [0, 0.1) is 6.92 Å². The minimum Gasteiger partial charge on any atom is -0.449 e. The Balaban J connectivity index is 2.04. The molecule has 0 aliphatic rings. The number of rotatable bonds is 6. The van der Waals surface area contributed by atoms with E-state index in [0.29, 0.717) is 13.0 Å². The standard InChI is InChI=1S/C23H27N3O5/c1-5-12-25-20-17(10-7-11-19(20)31-23(29)30)21(27)26(25)22(28)24-13-18-15(4)8-6-9-16(18)14(2)3/h6-11,14H,5,12-13H2,1-4H3,(H,24,28)(H,29,30). The highest BCUT2D eigenvalue weighted by atomic mass is 16.7. The molecule has 8 heteroatoms. The number of carboxylic acid groups (broad SMARTS) is 1. The molecular weight excluding hydrogens is 398 g/mol. The molecular formula is C23H27N3O5. The Kier molecular flexibility index (Phi) is 6.48. The van der Waals surface area contributed by atoms with Crippen molar-refractivity contribution < 1.29 is 19.4 Å². The van der Waals surface area contributed by atoms with Gasteiger partial charge in [-0.1, -0.05) is 45.0 Å². The average Bonchev–Trinajstić information content (AvgIpc) is 2.99. The van der Waals surface area contributed by atoms with E-state index in [1.54, 1.807) is 6.07 Å². The predicted octanol–water partition coefficient (Wildman–Crippen LogP) is 4.46. The number of para-hydroxylation sites is 1. The summed E-state index contributed by atoms with van der Waals surface area (Å²) in [5.41, 5.74) is 2.98. The van der Waals surface area contributed by atoms with Crippen molar-refractivity contribution in [3.05, 3.63) is 63.4 Å². The van der Waals surface area contributed by atoms with Crippen LogP contribution in [0.25, 0.3) is 10.9 Å². The van der Waals surface area contributed by atoms with Gasteiger partial charge in [-0.15, -0.1) is 0 Å². The summed E-state index contributed by atoms with van der Waals surface area (Å²) in [6, 6.07) is 9.99. The lowest BCUT2D eigenvalue weighted by atomic mass is 9.94. The number of fused-ring (bicyclic) bond motifs is 1. The zero-order valence-corrected chi connectivity index (χ0v) is 18.1. The van der Waals surface area contributed by atoms with Gasteiger partial charge in [-0.2, -0.15) is 4.68 Å². The average molecular weight is 425 g/mol. The van der Waals surface area contributed by atoms with Crippen LogP contribution < -0.4 is 15.6 Å². The summed E-state index contributed by atoms with van der Waals surface area (Å²) in [5.74, 6) is 0.305. The topological polar surface area (TPSA) is 103 Å². The van der Waals surface area contributed by atoms with Crippen molar-refractivity contribution in [1.29, 1.82) is 0 Å². The summed E-state index contributed by atoms with van der Waals surface area (Å²) < 4.78 is 7.36. The van der Waals surface area contributed by atoms with Crippen LogP contribution in [-0.4, -0.2) is 26.7 Å². The molecule has 1 heterocycles. The largest absolute Gasteiger partial charge is 0.511 e. The maximum Gasteiger partial charge on any atom is 0.511 e. The lowest BCUT2D eigenvalue weighted by Crippen LogP contribution is -2.38. The second-order valence-corrected chi connectivity index (χ2v) is 7.72. The van der Waals surface area contributed by atoms with Crippen molar-refractivity contribution in [2.75, 3.05) is 0 Å². The van der Waals surface area contributed by atoms with Crippen LogP contribution in [0.3, 0.4) is 0 Å². The fourth-order valence-corrected chi connectivity index (χ4v) is 3.83. The molecule has 0 radical (unpaired) electrons. The maximum atomic E-state index is 13.1. The molecule has 1 aromatic heterocycles. The first-order valence-electron chi connectivity index (χ1n) is 10.3. The SMILES string of the molecule is CCCn1c2c(OC(=O)O)cccc2c(=O)n1C(=O)NCc1c(C)cccc1C(C)C. The molecule has 0 aliphatic carbocycles. The number of carbonyl (C=O) groups is 2. The number of nitrogens with zero attached hydrogens (tertiary/aromatic N) is 2. The lowest BCUT2D eigenvalue weighted by molar-refractivity contribution is 0.145. The van der Waals surface area contributed by atoms with Crippen molar-refractivity contribution in [3.8, 4) is 5.75 Å². The van der Waals surface area contributed by atoms with E-state index < -0.39 is 17.7 Å². The number of benzene rings is 2. The minimum atomic E-state index is -1.49. The molecule has 0 aliphatic heterocycles. The molecule has 2 aromatic carbocycles. The molecule has 0 atom stereocenters. The smallest absolute Gasteiger partial charge is 0.449 e. The first kappa shape index (κ1) is 22.1. The third-order valence-electron chi connectivity index (χ3n) is 5.23. The number of hydrogen-bond acceptors (Lipinski definition) is 4. The van der Waals surface area contributed by atoms with E-state index in [4.69, 9.17) is 9.84 Å². The molecule has 3 aromatic rings. The molecule has 0 unspecified atom stereocenters. The van der Waals surface area contributed by atoms with E-state index >= 15 is 0 Å². The van der Waals surface area contributed by atoms with Gasteiger partial charge in [0.15, 0.2) is 5.75 Å². The number of aryl methyl sites for hydroxylation is 2. The lowest BCUT2D eigenvalue weighted by Gasteiger charge is -2.17. The van der Waals surface area contributed by atoms with Gasteiger partial charge in [-0.3, -0.25) is 9.48 Å². The highest BCUT2D eigenvalue weighted by Crippen LogP contribution is 2.25. The highest BCUT2D eigenvalue weighted by molar-refractivity contribution is 5.90. The molecule has 164 valence electrons. The Bertz CT molecular complexity index is 1190. The van der Waals surface area contributed by atoms with Crippen molar-refractivity contribution in [1.82, 2.24) is 14.7 Å². The minimum absolute atomic E-state index is 0.0168. The van der Waals surface area contributed by atoms with Gasteiger partial charge in [0.2, 0.25) is 0 Å². The van der Waals surface area contributed by atoms with E-state index in [1.165, 1.54) is 16.8 Å². The maximum absolute atomic E-state index is 13.1. The van der Waals surface area contributed by atoms with Gasteiger partial charge in [0, 0.05) is 13.1 Å². The van der Waals surface area contributed by atoms with Crippen LogP contribution in [0.15, 0.2) is 41.2 Å². The number of aromatic nitrogens is 2. The number of hydrogen-bond donors (Lipinski definition) is 2. The van der Waals surface area contributed by atoms with Gasteiger partial charge >= 0.3 is 12.2 Å². The molecule has 8 nitrogen and oxygen atoms in total. The van der Waals surface area contributed by atoms with Gasteiger partial charge in [0.25, 0.3) is 5.56 Å². The van der Waals surface area contributed by atoms with E-state index in [0.717, 1.165) is 21.4 Å². The molecule has 2 N–H and O–H groups in total. The van der Waals surface area contributed by atoms with Gasteiger partial charge in [0.05, 0.1) is 5.39 Å². The zero-order chi connectivity index (χ0) is 22.7. The molecule has 0 saturated heterocycles. The fourth-order valence-electron chi connectivity index (χ4n) is 3.83. The quantitative estimate of drug-likeness (QED) is 0.448. The molecule has 3 rings (SSSR count). The third kappa shape index (κ3) is 4.33. The van der Waals surface area contributed by atoms with Crippen LogP contribution >= 0.6 is 0 Å². The highest BCUT2D eigenvalue weighted by Gasteiger charge is 2.22. The summed E-state index contributed by atoms with van der Waals surface area (Å²) in [6.07, 6.45) is -0.853. The van der Waals surface area contributed by atoms with Crippen molar-refractivity contribution >= 4 is 23.1 Å². The Labute approximate surface area is 180 Å². The van der Waals surface area contributed by atoms with E-state index in [1.807, 2.05) is 32.0 Å². The van der Waals surface area contributed by atoms with Crippen LogP contribution in [-0.2, 0) is 13.1 Å². The van der Waals surface area contributed by atoms with Gasteiger partial charge in [-0.25, -0.2) is 9.59 Å². The molecule has 0 fully saturated rings. The number of ether oxygens (including phenoxy) is 1. The Hall–Kier alpha value is -3.55. The van der Waals surface area contributed by atoms with E-state index in [9.17, 15) is 14.4 Å². The summed E-state index contributed by atoms with van der Waals surface area (Å²) in [4.78, 5) is 37.2. The van der Waals surface area contributed by atoms with Crippen LogP contribution in [0.5, 0.6) is 5.75 Å². The predicted molar refractivity (Wildman–Crippen MR) is 118 cm³/mol. The first-order valence-corrected chi connectivity index (χ1v) is 10.3. The molecule has 0 spiro atoms. The Morgan fingerprint density at radius 1 is 1.16 bits per heavy atom. The summed E-state index contributed by atoms with van der Waals surface area (Å²) >= 11 is 0. The third-order valence-corrected chi connectivity index (χ3v) is 5.23. The number of nitrogens with one attached hydrogen (secondary N) is 1. The second kappa shape index (κ2) is 9.07. The van der Waals surface area contributed by atoms with Crippen molar-refractivity contribution in [3.63, 3.8) is 0 Å². The fraction of sp³-hybridized carbons (Fsp3) is 0.348.